The van der Waals surface area contributed by atoms with Gasteiger partial charge in [-0.1, -0.05) is 27.5 Å². The molecule has 84 valence electrons. The van der Waals surface area contributed by atoms with E-state index < -0.39 is 17.8 Å². The number of H-pyrrole nitrogens is 1. The van der Waals surface area contributed by atoms with E-state index in [1.807, 2.05) is 0 Å². The van der Waals surface area contributed by atoms with Crippen molar-refractivity contribution in [1.82, 2.24) is 4.98 Å². The van der Waals surface area contributed by atoms with Gasteiger partial charge in [0.15, 0.2) is 0 Å². The van der Waals surface area contributed by atoms with E-state index >= 15 is 0 Å². The zero-order valence-corrected chi connectivity index (χ0v) is 10.1. The minimum absolute atomic E-state index is 0.00223. The van der Waals surface area contributed by atoms with Crippen LogP contribution < -0.4 is 5.56 Å². The number of pyridine rings is 1. The van der Waals surface area contributed by atoms with Crippen LogP contribution in [0.5, 0.6) is 0 Å². The molecule has 1 heterocycles. The maximum Gasteiger partial charge on any atom is 0.266 e. The molecular formula is C9H11BrClNO3. The number of nitrogens with one attached hydrogen (secondary N) is 1. The van der Waals surface area contributed by atoms with Crippen LogP contribution in [0.1, 0.15) is 18.1 Å². The number of rotatable bonds is 4. The molecule has 6 heteroatoms. The highest BCUT2D eigenvalue weighted by molar-refractivity contribution is 9.09. The molecule has 0 saturated carbocycles. The van der Waals surface area contributed by atoms with Gasteiger partial charge >= 0.3 is 0 Å². The zero-order chi connectivity index (χ0) is 11.4. The summed E-state index contributed by atoms with van der Waals surface area (Å²) in [5, 5.41) is 19.8. The van der Waals surface area contributed by atoms with Crippen molar-refractivity contribution in [3.8, 4) is 0 Å². The zero-order valence-electron chi connectivity index (χ0n) is 7.78. The van der Waals surface area contributed by atoms with E-state index in [-0.39, 0.29) is 5.02 Å². The van der Waals surface area contributed by atoms with E-state index in [0.717, 1.165) is 0 Å². The Morgan fingerprint density at radius 1 is 1.53 bits per heavy atom. The Morgan fingerprint density at radius 2 is 2.20 bits per heavy atom. The van der Waals surface area contributed by atoms with Crippen molar-refractivity contribution in [3.05, 3.63) is 33.2 Å². The Hall–Kier alpha value is -0.360. The fourth-order valence-electron chi connectivity index (χ4n) is 1.13. The summed E-state index contributed by atoms with van der Waals surface area (Å²) in [4.78, 5) is 13.3. The monoisotopic (exact) mass is 295 g/mol. The van der Waals surface area contributed by atoms with Gasteiger partial charge < -0.3 is 15.2 Å². The third kappa shape index (κ3) is 3.31. The third-order valence-electron chi connectivity index (χ3n) is 1.99. The standard InChI is InChI=1S/C9H11BrClNO3/c10-2-1-7(13)8(14)5-3-6(11)9(15)12-4-5/h3-4,7-8,13-14H,1-2H2,(H,12,15). The lowest BCUT2D eigenvalue weighted by Crippen LogP contribution is -2.20. The SMILES string of the molecule is O=c1[nH]cc(C(O)C(O)CCBr)cc1Cl. The highest BCUT2D eigenvalue weighted by Crippen LogP contribution is 2.19. The molecule has 0 aliphatic rings. The molecule has 0 bridgehead atoms. The fraction of sp³-hybridized carbons (Fsp3) is 0.444. The van der Waals surface area contributed by atoms with Crippen molar-refractivity contribution in [3.63, 3.8) is 0 Å². The average Bonchev–Trinajstić information content (AvgIpc) is 2.21. The minimum atomic E-state index is -1.04. The lowest BCUT2D eigenvalue weighted by molar-refractivity contribution is 0.0171. The second-order valence-electron chi connectivity index (χ2n) is 3.10. The number of aliphatic hydroxyl groups is 2. The van der Waals surface area contributed by atoms with Gasteiger partial charge in [-0.3, -0.25) is 4.79 Å². The molecule has 0 fully saturated rings. The molecule has 3 N–H and O–H groups in total. The van der Waals surface area contributed by atoms with Gasteiger partial charge in [-0.2, -0.15) is 0 Å². The lowest BCUT2D eigenvalue weighted by atomic mass is 10.1. The smallest absolute Gasteiger partial charge is 0.266 e. The number of halogens is 2. The summed E-state index contributed by atoms with van der Waals surface area (Å²) in [6.45, 7) is 0. The number of alkyl halides is 1. The highest BCUT2D eigenvalue weighted by atomic mass is 79.9. The largest absolute Gasteiger partial charge is 0.390 e. The van der Waals surface area contributed by atoms with Crippen molar-refractivity contribution in [2.24, 2.45) is 0 Å². The van der Waals surface area contributed by atoms with Gasteiger partial charge in [0, 0.05) is 17.1 Å². The van der Waals surface area contributed by atoms with E-state index in [9.17, 15) is 15.0 Å². The predicted octanol–water partition coefficient (Wildman–Crippen LogP) is 1.21. The molecule has 0 spiro atoms. The van der Waals surface area contributed by atoms with Gasteiger partial charge in [0.25, 0.3) is 5.56 Å². The fourth-order valence-corrected chi connectivity index (χ4v) is 1.78. The molecule has 0 amide bonds. The quantitative estimate of drug-likeness (QED) is 0.731. The van der Waals surface area contributed by atoms with Crippen molar-refractivity contribution < 1.29 is 10.2 Å². The van der Waals surface area contributed by atoms with Crippen molar-refractivity contribution in [1.29, 1.82) is 0 Å². The second-order valence-corrected chi connectivity index (χ2v) is 4.30. The molecule has 4 nitrogen and oxygen atoms in total. The van der Waals surface area contributed by atoms with Crippen LogP contribution in [0.25, 0.3) is 0 Å². The number of aliphatic hydroxyl groups excluding tert-OH is 2. The Labute approximate surface area is 100 Å². The van der Waals surface area contributed by atoms with Crippen molar-refractivity contribution in [2.45, 2.75) is 18.6 Å². The van der Waals surface area contributed by atoms with Crippen molar-refractivity contribution in [2.75, 3.05) is 5.33 Å². The molecule has 0 aliphatic carbocycles. The van der Waals surface area contributed by atoms with Crippen LogP contribution in [0.15, 0.2) is 17.1 Å². The van der Waals surface area contributed by atoms with Gasteiger partial charge in [-0.25, -0.2) is 0 Å². The van der Waals surface area contributed by atoms with Crippen LogP contribution >= 0.6 is 27.5 Å². The van der Waals surface area contributed by atoms with Crippen LogP contribution in [-0.2, 0) is 0 Å². The van der Waals surface area contributed by atoms with Gasteiger partial charge in [0.05, 0.1) is 6.10 Å². The molecule has 1 aromatic heterocycles. The maximum atomic E-state index is 11.0. The van der Waals surface area contributed by atoms with E-state index in [1.165, 1.54) is 12.3 Å². The van der Waals surface area contributed by atoms with Crippen molar-refractivity contribution >= 4 is 27.5 Å². The molecule has 2 unspecified atom stereocenters. The second kappa shape index (κ2) is 5.65. The van der Waals surface area contributed by atoms with Gasteiger partial charge in [0.2, 0.25) is 0 Å². The highest BCUT2D eigenvalue weighted by Gasteiger charge is 2.18. The van der Waals surface area contributed by atoms with Gasteiger partial charge in [-0.05, 0) is 12.5 Å². The molecule has 2 atom stereocenters. The molecule has 0 saturated heterocycles. The molecule has 0 aromatic carbocycles. The molecule has 1 aromatic rings. The molecule has 0 aliphatic heterocycles. The Kier molecular flexibility index (Phi) is 4.79. The first-order valence-electron chi connectivity index (χ1n) is 4.36. The summed E-state index contributed by atoms with van der Waals surface area (Å²) in [5.74, 6) is 0. The first kappa shape index (κ1) is 12.7. The summed E-state index contributed by atoms with van der Waals surface area (Å²) in [5.41, 5.74) is -0.0179. The minimum Gasteiger partial charge on any atom is -0.390 e. The first-order chi connectivity index (χ1) is 7.06. The summed E-state index contributed by atoms with van der Waals surface area (Å²) in [7, 11) is 0. The Bertz CT molecular complexity index is 382. The molecule has 0 radical (unpaired) electrons. The predicted molar refractivity (Wildman–Crippen MR) is 61.5 cm³/mol. The van der Waals surface area contributed by atoms with E-state index in [1.54, 1.807) is 0 Å². The van der Waals surface area contributed by atoms with Gasteiger partial charge in [-0.15, -0.1) is 0 Å². The number of aromatic amines is 1. The summed E-state index contributed by atoms with van der Waals surface area (Å²) < 4.78 is 0. The molecule has 1 rings (SSSR count). The molecule has 15 heavy (non-hydrogen) atoms. The number of hydrogen-bond donors (Lipinski definition) is 3. The topological polar surface area (TPSA) is 73.3 Å². The Morgan fingerprint density at radius 3 is 2.73 bits per heavy atom. The number of hydrogen-bond acceptors (Lipinski definition) is 3. The summed E-state index contributed by atoms with van der Waals surface area (Å²) >= 11 is 8.76. The van der Waals surface area contributed by atoms with Crippen LogP contribution in [0.4, 0.5) is 0 Å². The number of aromatic nitrogens is 1. The summed E-state index contributed by atoms with van der Waals surface area (Å²) in [6, 6.07) is 1.35. The van der Waals surface area contributed by atoms with Crippen LogP contribution in [0, 0.1) is 0 Å². The van der Waals surface area contributed by atoms with Crippen LogP contribution in [-0.4, -0.2) is 26.6 Å². The van der Waals surface area contributed by atoms with Gasteiger partial charge in [0.1, 0.15) is 11.1 Å². The lowest BCUT2D eigenvalue weighted by Gasteiger charge is -2.16. The Balaban J connectivity index is 2.86. The van der Waals surface area contributed by atoms with E-state index in [0.29, 0.717) is 17.3 Å². The van der Waals surface area contributed by atoms with Crippen LogP contribution in [0.3, 0.4) is 0 Å². The third-order valence-corrected chi connectivity index (χ3v) is 2.73. The van der Waals surface area contributed by atoms with E-state index in [2.05, 4.69) is 20.9 Å². The first-order valence-corrected chi connectivity index (χ1v) is 5.86. The van der Waals surface area contributed by atoms with E-state index in [4.69, 9.17) is 11.6 Å². The molecular weight excluding hydrogens is 285 g/mol. The summed E-state index contributed by atoms with van der Waals surface area (Å²) in [6.07, 6.45) is -0.169. The normalized spacial score (nSPS) is 14.9. The average molecular weight is 297 g/mol. The maximum absolute atomic E-state index is 11.0. The van der Waals surface area contributed by atoms with Crippen LogP contribution in [0.2, 0.25) is 5.02 Å².